The molecule has 0 spiro atoms. The fraction of sp³-hybridized carbons (Fsp3) is 0.400. The van der Waals surface area contributed by atoms with Gasteiger partial charge in [0.05, 0.1) is 5.35 Å². The van der Waals surface area contributed by atoms with Crippen molar-refractivity contribution in [3.05, 3.63) is 46.7 Å². The maximum absolute atomic E-state index is 4.41. The first-order chi connectivity index (χ1) is 12.4. The van der Waals surface area contributed by atoms with Crippen LogP contribution in [0.4, 0.5) is 0 Å². The Hall–Kier alpha value is -1.92. The molecule has 0 radical (unpaired) electrons. The van der Waals surface area contributed by atoms with Crippen LogP contribution in [0.1, 0.15) is 32.8 Å². The van der Waals surface area contributed by atoms with Gasteiger partial charge in [0.15, 0.2) is 0 Å². The van der Waals surface area contributed by atoms with Gasteiger partial charge in [-0.3, -0.25) is 0 Å². The number of hydrogen-bond acceptors (Lipinski definition) is 3. The van der Waals surface area contributed by atoms with E-state index in [1.54, 1.807) is 0 Å². The van der Waals surface area contributed by atoms with Gasteiger partial charge < -0.3 is 10.3 Å². The predicted octanol–water partition coefficient (Wildman–Crippen LogP) is 2.65. The topological polar surface area (TPSA) is 58.5 Å². The van der Waals surface area contributed by atoms with Crippen LogP contribution in [0, 0.1) is 5.41 Å². The van der Waals surface area contributed by atoms with Crippen LogP contribution in [0.2, 0.25) is 0 Å². The van der Waals surface area contributed by atoms with E-state index in [2.05, 4.69) is 87.7 Å². The van der Waals surface area contributed by atoms with E-state index >= 15 is 0 Å². The number of H-pyrrole nitrogens is 1. The summed E-state index contributed by atoms with van der Waals surface area (Å²) in [7, 11) is 0. The molecule has 2 aromatic heterocycles. The predicted molar refractivity (Wildman–Crippen MR) is 109 cm³/mol. The molecule has 1 aromatic carbocycles. The molecule has 0 saturated heterocycles. The van der Waals surface area contributed by atoms with Crippen LogP contribution in [0.3, 0.4) is 0 Å². The molecule has 1 aliphatic rings. The smallest absolute Gasteiger partial charge is 0.124 e. The molecule has 5 nitrogen and oxygen atoms in total. The van der Waals surface area contributed by atoms with Gasteiger partial charge in [-0.1, -0.05) is 54.1 Å². The van der Waals surface area contributed by atoms with Crippen molar-refractivity contribution in [2.45, 2.75) is 46.3 Å². The third-order valence-electron chi connectivity index (χ3n) is 4.65. The first-order valence-electron chi connectivity index (χ1n) is 8.99. The van der Waals surface area contributed by atoms with Gasteiger partial charge >= 0.3 is 0 Å². The van der Waals surface area contributed by atoms with Crippen LogP contribution in [0.15, 0.2) is 30.5 Å². The zero-order valence-electron chi connectivity index (χ0n) is 15.4. The lowest BCUT2D eigenvalue weighted by Crippen LogP contribution is -2.42. The first-order valence-corrected chi connectivity index (χ1v) is 9.79. The van der Waals surface area contributed by atoms with Gasteiger partial charge in [-0.25, -0.2) is 4.68 Å². The lowest BCUT2D eigenvalue weighted by molar-refractivity contribution is 0.317. The Morgan fingerprint density at radius 2 is 2.15 bits per heavy atom. The summed E-state index contributed by atoms with van der Waals surface area (Å²) >= 11 is 3.77. The summed E-state index contributed by atoms with van der Waals surface area (Å²) < 4.78 is 3.12. The number of aromatic amines is 1. The van der Waals surface area contributed by atoms with Crippen LogP contribution < -0.4 is 16.0 Å². The molecular formula is C20H24BrN5. The standard InChI is InChI=1S/C20H24BrN5/c1-20(2,3)12-26-17-7-6-16(18(21)19(17)24-25-26)23-11-13-4-5-15-14(10-13)8-9-22-15/h4-5,7-10,16,22-23H,6,11-12H2,1-3H3. The molecule has 2 N–H and O–H groups in total. The van der Waals surface area contributed by atoms with Crippen LogP contribution in [0.25, 0.3) is 21.5 Å². The van der Waals surface area contributed by atoms with Crippen molar-refractivity contribution in [1.82, 2.24) is 25.3 Å². The van der Waals surface area contributed by atoms with E-state index in [0.717, 1.165) is 34.7 Å². The number of benzene rings is 1. The average Bonchev–Trinajstić information content (AvgIpc) is 3.20. The Morgan fingerprint density at radius 1 is 1.31 bits per heavy atom. The Morgan fingerprint density at radius 3 is 2.96 bits per heavy atom. The monoisotopic (exact) mass is 413 g/mol. The minimum atomic E-state index is 0.174. The summed E-state index contributed by atoms with van der Waals surface area (Å²) in [5.74, 6) is 0. The number of nitrogens with zero attached hydrogens (tertiary/aromatic N) is 3. The molecule has 4 rings (SSSR count). The third-order valence-corrected chi connectivity index (χ3v) is 5.58. The minimum absolute atomic E-state index is 0.174. The Labute approximate surface area is 161 Å². The molecule has 1 unspecified atom stereocenters. The Balaban J connectivity index is 1.53. The van der Waals surface area contributed by atoms with E-state index in [1.807, 2.05) is 10.9 Å². The highest BCUT2D eigenvalue weighted by Gasteiger charge is 2.20. The summed E-state index contributed by atoms with van der Waals surface area (Å²) in [5, 5.41) is 15.7. The largest absolute Gasteiger partial charge is 0.361 e. The Bertz CT molecular complexity index is 1050. The second-order valence-electron chi connectivity index (χ2n) is 8.16. The van der Waals surface area contributed by atoms with Crippen molar-refractivity contribution in [3.8, 4) is 0 Å². The molecular weight excluding hydrogens is 390 g/mol. The zero-order chi connectivity index (χ0) is 18.3. The average molecular weight is 414 g/mol. The fourth-order valence-corrected chi connectivity index (χ4v) is 4.01. The lowest BCUT2D eigenvalue weighted by Gasteiger charge is -2.20. The van der Waals surface area contributed by atoms with Crippen molar-refractivity contribution in [3.63, 3.8) is 0 Å². The summed E-state index contributed by atoms with van der Waals surface area (Å²) in [4.78, 5) is 3.23. The first kappa shape index (κ1) is 17.5. The lowest BCUT2D eigenvalue weighted by atomic mass is 9.97. The van der Waals surface area contributed by atoms with Gasteiger partial charge in [-0.05, 0) is 41.0 Å². The summed E-state index contributed by atoms with van der Waals surface area (Å²) in [6, 6.07) is 8.86. The van der Waals surface area contributed by atoms with Crippen molar-refractivity contribution in [1.29, 1.82) is 0 Å². The van der Waals surface area contributed by atoms with Gasteiger partial charge in [0, 0.05) is 35.3 Å². The summed E-state index contributed by atoms with van der Waals surface area (Å²) in [6.07, 6.45) is 5.15. The molecule has 1 aliphatic carbocycles. The third kappa shape index (κ3) is 3.48. The van der Waals surface area contributed by atoms with Crippen LogP contribution in [-0.4, -0.2) is 26.0 Å². The minimum Gasteiger partial charge on any atom is -0.361 e. The molecule has 2 heterocycles. The fourth-order valence-electron chi connectivity index (χ4n) is 3.38. The molecule has 6 heteroatoms. The zero-order valence-corrected chi connectivity index (χ0v) is 17.0. The van der Waals surface area contributed by atoms with Crippen molar-refractivity contribution >= 4 is 37.4 Å². The molecule has 26 heavy (non-hydrogen) atoms. The quantitative estimate of drug-likeness (QED) is 0.690. The van der Waals surface area contributed by atoms with Crippen LogP contribution in [-0.2, 0) is 13.1 Å². The van der Waals surface area contributed by atoms with E-state index in [1.165, 1.54) is 16.5 Å². The molecule has 0 saturated carbocycles. The molecule has 136 valence electrons. The maximum Gasteiger partial charge on any atom is 0.124 e. The van der Waals surface area contributed by atoms with Crippen molar-refractivity contribution in [2.75, 3.05) is 0 Å². The van der Waals surface area contributed by atoms with E-state index in [0.29, 0.717) is 0 Å². The van der Waals surface area contributed by atoms with Crippen LogP contribution >= 0.6 is 15.9 Å². The normalized spacial score (nSPS) is 17.4. The van der Waals surface area contributed by atoms with E-state index < -0.39 is 0 Å². The molecule has 0 bridgehead atoms. The number of halogens is 1. The van der Waals surface area contributed by atoms with Gasteiger partial charge in [0.1, 0.15) is 5.35 Å². The molecule has 0 amide bonds. The van der Waals surface area contributed by atoms with Gasteiger partial charge in [0.25, 0.3) is 0 Å². The number of rotatable bonds is 4. The summed E-state index contributed by atoms with van der Waals surface area (Å²) in [6.45, 7) is 8.33. The number of aromatic nitrogens is 4. The SMILES string of the molecule is CC(C)(C)Cn1nnc2c1=CCC(NCc1ccc3[nH]ccc3c1)C=2Br. The summed E-state index contributed by atoms with van der Waals surface area (Å²) in [5.41, 5.74) is 2.63. The molecule has 1 atom stereocenters. The Kier molecular flexibility index (Phi) is 4.49. The number of fused-ring (bicyclic) bond motifs is 2. The van der Waals surface area contributed by atoms with Crippen LogP contribution in [0.5, 0.6) is 0 Å². The highest BCUT2D eigenvalue weighted by molar-refractivity contribution is 9.15. The second-order valence-corrected chi connectivity index (χ2v) is 9.02. The van der Waals surface area contributed by atoms with Crippen molar-refractivity contribution in [2.24, 2.45) is 5.41 Å². The van der Waals surface area contributed by atoms with E-state index in [4.69, 9.17) is 0 Å². The molecule has 3 aromatic rings. The highest BCUT2D eigenvalue weighted by atomic mass is 79.9. The molecule has 0 aliphatic heterocycles. The molecule has 0 fully saturated rings. The van der Waals surface area contributed by atoms with E-state index in [9.17, 15) is 0 Å². The maximum atomic E-state index is 4.41. The van der Waals surface area contributed by atoms with E-state index in [-0.39, 0.29) is 11.5 Å². The second kappa shape index (κ2) is 6.67. The van der Waals surface area contributed by atoms with Crippen molar-refractivity contribution < 1.29 is 0 Å². The number of nitrogens with one attached hydrogen (secondary N) is 2. The van der Waals surface area contributed by atoms with Gasteiger partial charge in [-0.2, -0.15) is 0 Å². The number of hydrogen-bond donors (Lipinski definition) is 2. The highest BCUT2D eigenvalue weighted by Crippen LogP contribution is 2.19. The van der Waals surface area contributed by atoms with Gasteiger partial charge in [0.2, 0.25) is 0 Å². The van der Waals surface area contributed by atoms with Gasteiger partial charge in [-0.15, -0.1) is 5.10 Å².